The molecule has 1 aromatic heterocycles. The first-order chi connectivity index (χ1) is 14.0. The molecular formula is C23H26N2O3S. The lowest BCUT2D eigenvalue weighted by Crippen LogP contribution is -2.36. The molecule has 0 unspecified atom stereocenters. The third-order valence-electron chi connectivity index (χ3n) is 6.12. The number of carboxylic acids is 1. The average molecular weight is 411 g/mol. The molecular weight excluding hydrogens is 384 g/mol. The van der Waals surface area contributed by atoms with Crippen LogP contribution in [0.3, 0.4) is 0 Å². The molecule has 2 aliphatic rings. The number of hydrogen-bond donors (Lipinski definition) is 2. The molecule has 2 bridgehead atoms. The number of carbonyl (C=O) groups excluding carboxylic acids is 1. The largest absolute Gasteiger partial charge is 0.481 e. The maximum atomic E-state index is 12.9. The SMILES string of the molecule is CCCCc1ccc(-c2nc(NC(=O)[C@@H]3[C@H](C(=O)O)[C@H]4C=C[C@H]3C4)sc2C)cc1. The number of carbonyl (C=O) groups is 2. The molecule has 1 saturated carbocycles. The van der Waals surface area contributed by atoms with Crippen molar-refractivity contribution in [2.24, 2.45) is 23.7 Å². The Hall–Kier alpha value is -2.47. The second-order valence-corrected chi connectivity index (χ2v) is 9.25. The lowest BCUT2D eigenvalue weighted by atomic mass is 9.82. The van der Waals surface area contributed by atoms with Crippen molar-refractivity contribution in [2.45, 2.75) is 39.5 Å². The van der Waals surface area contributed by atoms with Gasteiger partial charge in [-0.1, -0.05) is 49.8 Å². The number of amides is 1. The first-order valence-corrected chi connectivity index (χ1v) is 11.1. The molecule has 1 aromatic carbocycles. The van der Waals surface area contributed by atoms with Gasteiger partial charge in [-0.3, -0.25) is 9.59 Å². The van der Waals surface area contributed by atoms with E-state index < -0.39 is 17.8 Å². The Morgan fingerprint density at radius 1 is 1.17 bits per heavy atom. The minimum atomic E-state index is -0.888. The predicted octanol–water partition coefficient (Wildman–Crippen LogP) is 4.92. The normalized spacial score (nSPS) is 24.8. The van der Waals surface area contributed by atoms with Gasteiger partial charge in [0.25, 0.3) is 0 Å². The number of aliphatic carboxylic acids is 1. The number of fused-ring (bicyclic) bond motifs is 2. The van der Waals surface area contributed by atoms with Gasteiger partial charge < -0.3 is 10.4 Å². The monoisotopic (exact) mass is 410 g/mol. The summed E-state index contributed by atoms with van der Waals surface area (Å²) in [5.74, 6) is -2.30. The molecule has 0 radical (unpaired) electrons. The second-order valence-electron chi connectivity index (χ2n) is 8.05. The van der Waals surface area contributed by atoms with E-state index in [0.29, 0.717) is 5.13 Å². The number of allylic oxidation sites excluding steroid dienone is 2. The van der Waals surface area contributed by atoms with Crippen molar-refractivity contribution in [2.75, 3.05) is 5.32 Å². The molecule has 29 heavy (non-hydrogen) atoms. The summed E-state index contributed by atoms with van der Waals surface area (Å²) in [6.45, 7) is 4.18. The van der Waals surface area contributed by atoms with E-state index in [9.17, 15) is 14.7 Å². The van der Waals surface area contributed by atoms with Crippen LogP contribution < -0.4 is 5.32 Å². The highest BCUT2D eigenvalue weighted by molar-refractivity contribution is 7.16. The summed E-state index contributed by atoms with van der Waals surface area (Å²) < 4.78 is 0. The number of aryl methyl sites for hydroxylation is 2. The topological polar surface area (TPSA) is 79.3 Å². The highest BCUT2D eigenvalue weighted by atomic mass is 32.1. The molecule has 152 valence electrons. The molecule has 0 spiro atoms. The summed E-state index contributed by atoms with van der Waals surface area (Å²) in [5.41, 5.74) is 3.22. The fourth-order valence-electron chi connectivity index (χ4n) is 4.63. The molecule has 1 fully saturated rings. The molecule has 1 heterocycles. The van der Waals surface area contributed by atoms with E-state index in [1.54, 1.807) is 0 Å². The van der Waals surface area contributed by atoms with Gasteiger partial charge >= 0.3 is 5.97 Å². The molecule has 6 heteroatoms. The number of nitrogens with one attached hydrogen (secondary N) is 1. The van der Waals surface area contributed by atoms with E-state index in [0.717, 1.165) is 29.0 Å². The number of benzene rings is 1. The minimum Gasteiger partial charge on any atom is -0.481 e. The first kappa shape index (κ1) is 19.8. The summed E-state index contributed by atoms with van der Waals surface area (Å²) in [5, 5.41) is 13.0. The fourth-order valence-corrected chi connectivity index (χ4v) is 5.47. The van der Waals surface area contributed by atoms with Crippen molar-refractivity contribution in [3.05, 3.63) is 46.9 Å². The fraction of sp³-hybridized carbons (Fsp3) is 0.435. The zero-order valence-corrected chi connectivity index (χ0v) is 17.5. The third-order valence-corrected chi connectivity index (χ3v) is 7.01. The highest BCUT2D eigenvalue weighted by Gasteiger charge is 2.51. The van der Waals surface area contributed by atoms with E-state index in [4.69, 9.17) is 0 Å². The van der Waals surface area contributed by atoms with Crippen LogP contribution in [-0.2, 0) is 16.0 Å². The number of carboxylic acid groups (broad SMARTS) is 1. The number of thiazole rings is 1. The summed E-state index contributed by atoms with van der Waals surface area (Å²) in [4.78, 5) is 30.2. The van der Waals surface area contributed by atoms with Crippen LogP contribution in [0, 0.1) is 30.6 Å². The Balaban J connectivity index is 1.49. The molecule has 0 saturated heterocycles. The standard InChI is InChI=1S/C23H26N2O3S/c1-3-4-5-14-6-8-15(9-7-14)20-13(2)29-23(24-20)25-21(26)18-16-10-11-17(12-16)19(18)22(27)28/h6-11,16-19H,3-5,12H2,1-2H3,(H,27,28)(H,24,25,26)/t16-,17-,18-,19+/m0/s1. The second kappa shape index (κ2) is 8.11. The first-order valence-electron chi connectivity index (χ1n) is 10.3. The van der Waals surface area contributed by atoms with Crippen molar-refractivity contribution in [3.8, 4) is 11.3 Å². The summed E-state index contributed by atoms with van der Waals surface area (Å²) in [6.07, 6.45) is 8.13. The van der Waals surface area contributed by atoms with Gasteiger partial charge in [0.05, 0.1) is 17.5 Å². The number of anilines is 1. The van der Waals surface area contributed by atoms with Gasteiger partial charge in [0.1, 0.15) is 0 Å². The van der Waals surface area contributed by atoms with E-state index in [1.807, 2.05) is 19.1 Å². The van der Waals surface area contributed by atoms with Gasteiger partial charge in [-0.25, -0.2) is 4.98 Å². The number of hydrogen-bond acceptors (Lipinski definition) is 4. The van der Waals surface area contributed by atoms with Crippen LogP contribution in [0.25, 0.3) is 11.3 Å². The van der Waals surface area contributed by atoms with Crippen molar-refractivity contribution >= 4 is 28.3 Å². The smallest absolute Gasteiger partial charge is 0.307 e. The summed E-state index contributed by atoms with van der Waals surface area (Å²) in [6, 6.07) is 8.45. The Labute approximate surface area is 174 Å². The summed E-state index contributed by atoms with van der Waals surface area (Å²) >= 11 is 1.44. The van der Waals surface area contributed by atoms with Crippen molar-refractivity contribution in [1.82, 2.24) is 4.98 Å². The van der Waals surface area contributed by atoms with Gasteiger partial charge in [0.2, 0.25) is 5.91 Å². The lowest BCUT2D eigenvalue weighted by molar-refractivity contribution is -0.146. The number of nitrogens with zero attached hydrogens (tertiary/aromatic N) is 1. The maximum Gasteiger partial charge on any atom is 0.307 e. The van der Waals surface area contributed by atoms with E-state index in [2.05, 4.69) is 41.5 Å². The lowest BCUT2D eigenvalue weighted by Gasteiger charge is -2.23. The molecule has 1 amide bonds. The Morgan fingerprint density at radius 3 is 2.52 bits per heavy atom. The van der Waals surface area contributed by atoms with Crippen LogP contribution in [0.5, 0.6) is 0 Å². The van der Waals surface area contributed by atoms with Gasteiger partial charge in [0.15, 0.2) is 5.13 Å². The molecule has 2 N–H and O–H groups in total. The Bertz CT molecular complexity index is 948. The van der Waals surface area contributed by atoms with Crippen molar-refractivity contribution in [3.63, 3.8) is 0 Å². The van der Waals surface area contributed by atoms with Crippen molar-refractivity contribution < 1.29 is 14.7 Å². The minimum absolute atomic E-state index is 0.0114. The summed E-state index contributed by atoms with van der Waals surface area (Å²) in [7, 11) is 0. The highest BCUT2D eigenvalue weighted by Crippen LogP contribution is 2.48. The molecule has 2 aromatic rings. The van der Waals surface area contributed by atoms with Crippen LogP contribution in [0.4, 0.5) is 5.13 Å². The number of rotatable bonds is 7. The van der Waals surface area contributed by atoms with Gasteiger partial charge in [-0.15, -0.1) is 11.3 Å². The van der Waals surface area contributed by atoms with Crippen LogP contribution in [-0.4, -0.2) is 22.0 Å². The average Bonchev–Trinajstić information content (AvgIpc) is 3.41. The predicted molar refractivity (Wildman–Crippen MR) is 115 cm³/mol. The zero-order chi connectivity index (χ0) is 20.5. The Morgan fingerprint density at radius 2 is 1.86 bits per heavy atom. The van der Waals surface area contributed by atoms with Gasteiger partial charge in [-0.2, -0.15) is 0 Å². The van der Waals surface area contributed by atoms with E-state index >= 15 is 0 Å². The molecule has 2 aliphatic carbocycles. The molecule has 4 atom stereocenters. The van der Waals surface area contributed by atoms with E-state index in [1.165, 1.54) is 29.7 Å². The van der Waals surface area contributed by atoms with Crippen LogP contribution in [0.1, 0.15) is 36.6 Å². The van der Waals surface area contributed by atoms with Crippen LogP contribution in [0.2, 0.25) is 0 Å². The zero-order valence-electron chi connectivity index (χ0n) is 16.7. The van der Waals surface area contributed by atoms with E-state index in [-0.39, 0.29) is 17.7 Å². The molecule has 0 aliphatic heterocycles. The van der Waals surface area contributed by atoms with Crippen LogP contribution in [0.15, 0.2) is 36.4 Å². The molecule has 5 nitrogen and oxygen atoms in total. The quantitative estimate of drug-likeness (QED) is 0.635. The Kier molecular flexibility index (Phi) is 5.54. The van der Waals surface area contributed by atoms with Crippen LogP contribution >= 0.6 is 11.3 Å². The van der Waals surface area contributed by atoms with Crippen molar-refractivity contribution in [1.29, 1.82) is 0 Å². The number of unbranched alkanes of at least 4 members (excludes halogenated alkanes) is 1. The maximum absolute atomic E-state index is 12.9. The van der Waals surface area contributed by atoms with Gasteiger partial charge in [-0.05, 0) is 43.6 Å². The number of aromatic nitrogens is 1. The van der Waals surface area contributed by atoms with Gasteiger partial charge in [0, 0.05) is 10.4 Å². The third kappa shape index (κ3) is 3.86. The molecule has 4 rings (SSSR count).